The molecule has 1 aliphatic rings. The number of nitrogens with zero attached hydrogens (tertiary/aromatic N) is 2. The topological polar surface area (TPSA) is 87.3 Å². The fourth-order valence-corrected chi connectivity index (χ4v) is 3.39. The van der Waals surface area contributed by atoms with E-state index < -0.39 is 5.92 Å². The molecule has 8 heteroatoms. The van der Waals surface area contributed by atoms with Gasteiger partial charge < -0.3 is 14.6 Å². The normalized spacial score (nSPS) is 16.7. The lowest BCUT2D eigenvalue weighted by Gasteiger charge is -2.19. The van der Waals surface area contributed by atoms with E-state index in [1.54, 1.807) is 18.2 Å². The van der Waals surface area contributed by atoms with Gasteiger partial charge in [-0.2, -0.15) is 0 Å². The Hall–Kier alpha value is -3.06. The summed E-state index contributed by atoms with van der Waals surface area (Å²) < 4.78 is 5.32. The summed E-state index contributed by atoms with van der Waals surface area (Å²) in [6.07, 6.45) is 0.113. The summed E-state index contributed by atoms with van der Waals surface area (Å²) in [4.78, 5) is 34.0. The van der Waals surface area contributed by atoms with E-state index in [9.17, 15) is 9.59 Å². The molecule has 1 unspecified atom stereocenters. The van der Waals surface area contributed by atoms with E-state index in [2.05, 4.69) is 15.3 Å². The molecule has 3 aromatic rings. The second-order valence-electron chi connectivity index (χ2n) is 6.31. The lowest BCUT2D eigenvalue weighted by molar-refractivity contribution is -0.122. The smallest absolute Gasteiger partial charge is 0.232 e. The zero-order valence-electron chi connectivity index (χ0n) is 14.5. The van der Waals surface area contributed by atoms with Crippen LogP contribution >= 0.6 is 11.6 Å². The largest absolute Gasteiger partial charge is 0.495 e. The van der Waals surface area contributed by atoms with Gasteiger partial charge in [0.2, 0.25) is 17.8 Å². The number of para-hydroxylation sites is 2. The summed E-state index contributed by atoms with van der Waals surface area (Å²) in [6.45, 7) is 0.252. The first-order valence-corrected chi connectivity index (χ1v) is 8.82. The molecule has 1 fully saturated rings. The number of ether oxygens (including phenoxy) is 1. The third kappa shape index (κ3) is 3.33. The maximum absolute atomic E-state index is 12.6. The Morgan fingerprint density at radius 2 is 2.15 bits per heavy atom. The Balaban J connectivity index is 1.51. The quantitative estimate of drug-likeness (QED) is 0.723. The molecule has 7 nitrogen and oxygen atoms in total. The van der Waals surface area contributed by atoms with Crippen molar-refractivity contribution in [3.05, 3.63) is 47.5 Å². The molecule has 0 spiro atoms. The molecule has 1 saturated heterocycles. The molecule has 138 valence electrons. The van der Waals surface area contributed by atoms with Gasteiger partial charge in [-0.1, -0.05) is 23.7 Å². The Morgan fingerprint density at radius 3 is 2.93 bits per heavy atom. The molecule has 1 aromatic heterocycles. The van der Waals surface area contributed by atoms with E-state index in [0.717, 1.165) is 11.0 Å². The molecule has 1 atom stereocenters. The summed E-state index contributed by atoms with van der Waals surface area (Å²) in [6, 6.07) is 12.6. The number of fused-ring (bicyclic) bond motifs is 1. The number of benzene rings is 2. The minimum atomic E-state index is -0.491. The highest BCUT2D eigenvalue weighted by Gasteiger charge is 2.36. The fraction of sp³-hybridized carbons (Fsp3) is 0.211. The number of amides is 2. The number of nitrogens with one attached hydrogen (secondary N) is 2. The van der Waals surface area contributed by atoms with Crippen LogP contribution in [0.1, 0.15) is 6.42 Å². The summed E-state index contributed by atoms with van der Waals surface area (Å²) in [5.74, 6) is -0.000786. The first-order valence-electron chi connectivity index (χ1n) is 8.44. The second kappa shape index (κ2) is 6.92. The van der Waals surface area contributed by atoms with Gasteiger partial charge in [-0.3, -0.25) is 14.9 Å². The predicted octanol–water partition coefficient (Wildman–Crippen LogP) is 3.22. The van der Waals surface area contributed by atoms with Crippen molar-refractivity contribution in [2.75, 3.05) is 23.9 Å². The number of H-pyrrole nitrogens is 1. The maximum atomic E-state index is 12.6. The second-order valence-corrected chi connectivity index (χ2v) is 6.75. The van der Waals surface area contributed by atoms with E-state index >= 15 is 0 Å². The summed E-state index contributed by atoms with van der Waals surface area (Å²) in [5.41, 5.74) is 2.16. The van der Waals surface area contributed by atoms with Gasteiger partial charge in [0.05, 0.1) is 29.7 Å². The number of hydrogen-bond acceptors (Lipinski definition) is 4. The van der Waals surface area contributed by atoms with Gasteiger partial charge in [0.15, 0.2) is 0 Å². The number of imidazole rings is 1. The Kier molecular flexibility index (Phi) is 4.45. The zero-order valence-corrected chi connectivity index (χ0v) is 15.3. The number of hydrogen-bond donors (Lipinski definition) is 2. The third-order valence-electron chi connectivity index (χ3n) is 4.56. The zero-order chi connectivity index (χ0) is 19.0. The van der Waals surface area contributed by atoms with Crippen LogP contribution in [0.5, 0.6) is 5.75 Å². The standard InChI is InChI=1S/C19H17ClN4O3/c1-27-16-7-6-12(20)9-15(16)24-10-11(8-17(24)25)18(26)23-19-21-13-4-2-3-5-14(13)22-19/h2-7,9,11H,8,10H2,1H3,(H2,21,22,23,26). The molecule has 4 rings (SSSR count). The molecular formula is C19H17ClN4O3. The van der Waals surface area contributed by atoms with Crippen LogP contribution < -0.4 is 15.0 Å². The average molecular weight is 385 g/mol. The van der Waals surface area contributed by atoms with Gasteiger partial charge in [-0.05, 0) is 30.3 Å². The van der Waals surface area contributed by atoms with Crippen LogP contribution in [0, 0.1) is 5.92 Å². The number of methoxy groups -OCH3 is 1. The van der Waals surface area contributed by atoms with Crippen molar-refractivity contribution in [3.8, 4) is 5.75 Å². The SMILES string of the molecule is COc1ccc(Cl)cc1N1CC(C(=O)Nc2nc3ccccc3[nH]2)CC1=O. The van der Waals surface area contributed by atoms with Crippen molar-refractivity contribution in [1.29, 1.82) is 0 Å². The molecule has 2 amide bonds. The highest BCUT2D eigenvalue weighted by Crippen LogP contribution is 2.35. The minimum absolute atomic E-state index is 0.113. The van der Waals surface area contributed by atoms with Crippen LogP contribution in [-0.2, 0) is 9.59 Å². The van der Waals surface area contributed by atoms with Crippen LogP contribution in [0.4, 0.5) is 11.6 Å². The van der Waals surface area contributed by atoms with E-state index in [4.69, 9.17) is 16.3 Å². The van der Waals surface area contributed by atoms with Crippen LogP contribution in [0.15, 0.2) is 42.5 Å². The van der Waals surface area contributed by atoms with E-state index in [-0.39, 0.29) is 24.8 Å². The van der Waals surface area contributed by atoms with Crippen molar-refractivity contribution in [1.82, 2.24) is 9.97 Å². The first-order chi connectivity index (χ1) is 13.0. The number of aromatic nitrogens is 2. The number of carbonyl (C=O) groups excluding carboxylic acids is 2. The van der Waals surface area contributed by atoms with Gasteiger partial charge in [-0.15, -0.1) is 0 Å². The molecule has 2 N–H and O–H groups in total. The van der Waals surface area contributed by atoms with Crippen LogP contribution in [-0.4, -0.2) is 35.4 Å². The molecular weight excluding hydrogens is 368 g/mol. The van der Waals surface area contributed by atoms with E-state index in [1.807, 2.05) is 24.3 Å². The predicted molar refractivity (Wildman–Crippen MR) is 103 cm³/mol. The van der Waals surface area contributed by atoms with Crippen LogP contribution in [0.25, 0.3) is 11.0 Å². The Labute approximate surface area is 160 Å². The van der Waals surface area contributed by atoms with Crippen molar-refractivity contribution < 1.29 is 14.3 Å². The number of rotatable bonds is 4. The molecule has 1 aliphatic heterocycles. The van der Waals surface area contributed by atoms with Gasteiger partial charge in [0.1, 0.15) is 5.75 Å². The van der Waals surface area contributed by atoms with Gasteiger partial charge >= 0.3 is 0 Å². The van der Waals surface area contributed by atoms with E-state index in [0.29, 0.717) is 22.4 Å². The maximum Gasteiger partial charge on any atom is 0.232 e. The third-order valence-corrected chi connectivity index (χ3v) is 4.79. The van der Waals surface area contributed by atoms with Crippen molar-refractivity contribution in [2.45, 2.75) is 6.42 Å². The Bertz CT molecular complexity index is 1000. The monoisotopic (exact) mass is 384 g/mol. The number of aromatic amines is 1. The average Bonchev–Trinajstić information content (AvgIpc) is 3.24. The molecule has 2 heterocycles. The molecule has 0 saturated carbocycles. The molecule has 0 aliphatic carbocycles. The minimum Gasteiger partial charge on any atom is -0.495 e. The number of anilines is 2. The van der Waals surface area contributed by atoms with Crippen molar-refractivity contribution in [2.24, 2.45) is 5.92 Å². The van der Waals surface area contributed by atoms with Crippen LogP contribution in [0.3, 0.4) is 0 Å². The van der Waals surface area contributed by atoms with E-state index in [1.165, 1.54) is 12.0 Å². The number of halogens is 1. The highest BCUT2D eigenvalue weighted by molar-refractivity contribution is 6.31. The highest BCUT2D eigenvalue weighted by atomic mass is 35.5. The Morgan fingerprint density at radius 1 is 1.33 bits per heavy atom. The molecule has 2 aromatic carbocycles. The van der Waals surface area contributed by atoms with Gasteiger partial charge in [0.25, 0.3) is 0 Å². The van der Waals surface area contributed by atoms with Crippen molar-refractivity contribution >= 4 is 46.1 Å². The summed E-state index contributed by atoms with van der Waals surface area (Å²) in [7, 11) is 1.53. The number of carbonyl (C=O) groups is 2. The summed E-state index contributed by atoms with van der Waals surface area (Å²) in [5, 5.41) is 3.26. The molecule has 27 heavy (non-hydrogen) atoms. The van der Waals surface area contributed by atoms with Gasteiger partial charge in [-0.25, -0.2) is 4.98 Å². The fourth-order valence-electron chi connectivity index (χ4n) is 3.22. The van der Waals surface area contributed by atoms with Gasteiger partial charge in [0, 0.05) is 18.0 Å². The van der Waals surface area contributed by atoms with Crippen LogP contribution in [0.2, 0.25) is 5.02 Å². The lowest BCUT2D eigenvalue weighted by Crippen LogP contribution is -2.28. The lowest BCUT2D eigenvalue weighted by atomic mass is 10.1. The molecule has 0 bridgehead atoms. The molecule has 0 radical (unpaired) electrons. The first kappa shape index (κ1) is 17.4. The van der Waals surface area contributed by atoms with Crippen molar-refractivity contribution in [3.63, 3.8) is 0 Å². The summed E-state index contributed by atoms with van der Waals surface area (Å²) >= 11 is 6.06.